The van der Waals surface area contributed by atoms with E-state index in [9.17, 15) is 5.11 Å². The minimum atomic E-state index is 0.0834. The Morgan fingerprint density at radius 1 is 0.395 bits per heavy atom. The van der Waals surface area contributed by atoms with Crippen molar-refractivity contribution in [1.82, 2.24) is 73.5 Å². The normalized spacial score (nSPS) is 11.8. The summed E-state index contributed by atoms with van der Waals surface area (Å²) in [6.45, 7) is 8.73. The first-order valence-corrected chi connectivity index (χ1v) is 27.2. The Labute approximate surface area is 463 Å². The fraction of sp³-hybridized carbons (Fsp3) is 0.177. The molecule has 15 rings (SSSR count). The summed E-state index contributed by atoms with van der Waals surface area (Å²) < 4.78 is 6.04. The number of imidazole rings is 3. The van der Waals surface area contributed by atoms with Crippen LogP contribution in [0.25, 0.3) is 134 Å². The molecule has 10 N–H and O–H groups in total. The number of anilines is 3. The van der Waals surface area contributed by atoms with Crippen LogP contribution in [0.15, 0.2) is 146 Å². The number of aromatic nitrogens is 15. The van der Waals surface area contributed by atoms with Crippen LogP contribution in [0, 0.1) is 5.92 Å². The van der Waals surface area contributed by atoms with E-state index < -0.39 is 0 Å². The summed E-state index contributed by atoms with van der Waals surface area (Å²) in [6.07, 6.45) is 2.70. The number of aliphatic hydroxyl groups is 1. The van der Waals surface area contributed by atoms with Gasteiger partial charge in [0.25, 0.3) is 0 Å². The van der Waals surface area contributed by atoms with Gasteiger partial charge in [0.2, 0.25) is 0 Å². The Hall–Kier alpha value is -10.3. The third kappa shape index (κ3) is 9.08. The average molecular weight is 1070 g/mol. The maximum atomic E-state index is 9.27. The fourth-order valence-electron chi connectivity index (χ4n) is 10.6. The van der Waals surface area contributed by atoms with Crippen LogP contribution in [0.1, 0.15) is 40.0 Å². The number of aliphatic hydroxyl groups excluding tert-OH is 1. The molecule has 402 valence electrons. The molecular weight excluding hydrogens is 1010 g/mol. The fourth-order valence-corrected chi connectivity index (χ4v) is 10.6. The smallest absolute Gasteiger partial charge is 0.161 e. The van der Waals surface area contributed by atoms with Crippen LogP contribution in [-0.2, 0) is 19.6 Å². The molecule has 0 radical (unpaired) electrons. The number of nitrogens with two attached hydrogens (primary N) is 3. The van der Waals surface area contributed by atoms with E-state index in [0.29, 0.717) is 53.3 Å². The van der Waals surface area contributed by atoms with Gasteiger partial charge in [0.1, 0.15) is 51.5 Å². The van der Waals surface area contributed by atoms with E-state index in [0.717, 1.165) is 143 Å². The molecule has 19 heteroatoms. The van der Waals surface area contributed by atoms with Gasteiger partial charge in [-0.2, -0.15) is 0 Å². The number of fused-ring (bicyclic) bond motifs is 9. The monoisotopic (exact) mass is 1070 g/mol. The zero-order chi connectivity index (χ0) is 55.3. The highest BCUT2D eigenvalue weighted by molar-refractivity contribution is 6.04. The summed E-state index contributed by atoms with van der Waals surface area (Å²) >= 11 is 0. The van der Waals surface area contributed by atoms with Crippen LogP contribution < -0.4 is 17.2 Å². The van der Waals surface area contributed by atoms with E-state index in [1.807, 2.05) is 150 Å². The summed E-state index contributed by atoms with van der Waals surface area (Å²) in [5.41, 5.74) is 37.4. The largest absolute Gasteiger partial charge is 0.396 e. The van der Waals surface area contributed by atoms with Crippen molar-refractivity contribution in [2.45, 2.75) is 59.7 Å². The van der Waals surface area contributed by atoms with E-state index in [4.69, 9.17) is 62.1 Å². The topological polar surface area (TPSA) is 276 Å². The number of nitrogens with one attached hydrogen (secondary N) is 3. The number of nitrogen functional groups attached to an aromatic ring is 3. The maximum Gasteiger partial charge on any atom is 0.161 e. The Bertz CT molecular complexity index is 4520. The molecule has 9 heterocycles. The van der Waals surface area contributed by atoms with E-state index in [1.165, 1.54) is 0 Å². The number of benzene rings is 6. The Kier molecular flexibility index (Phi) is 12.9. The van der Waals surface area contributed by atoms with Crippen LogP contribution in [-0.4, -0.2) is 85.2 Å². The molecule has 0 fully saturated rings. The molecule has 0 saturated heterocycles. The second kappa shape index (κ2) is 20.8. The predicted octanol–water partition coefficient (Wildman–Crippen LogP) is 12.0. The number of aromatic amines is 3. The first-order valence-electron chi connectivity index (χ1n) is 27.2. The molecular formula is C62H58N18O. The van der Waals surface area contributed by atoms with E-state index >= 15 is 0 Å². The molecule has 0 bridgehead atoms. The first kappa shape index (κ1) is 50.2. The van der Waals surface area contributed by atoms with Crippen molar-refractivity contribution in [3.05, 3.63) is 146 Å². The first-order chi connectivity index (χ1) is 39.6. The molecule has 15 aromatic rings. The van der Waals surface area contributed by atoms with Gasteiger partial charge in [0.15, 0.2) is 16.9 Å². The molecule has 0 aliphatic heterocycles. The third-order valence-electron chi connectivity index (χ3n) is 14.5. The highest BCUT2D eigenvalue weighted by Crippen LogP contribution is 2.39. The Balaban J connectivity index is 0.000000114. The molecule has 81 heavy (non-hydrogen) atoms. The van der Waals surface area contributed by atoms with Gasteiger partial charge in [-0.15, -0.1) is 0 Å². The predicted molar refractivity (Wildman–Crippen MR) is 325 cm³/mol. The zero-order valence-corrected chi connectivity index (χ0v) is 44.9. The van der Waals surface area contributed by atoms with Crippen molar-refractivity contribution in [3.8, 4) is 34.2 Å². The van der Waals surface area contributed by atoms with Crippen LogP contribution in [0.4, 0.5) is 17.5 Å². The van der Waals surface area contributed by atoms with Gasteiger partial charge in [-0.1, -0.05) is 100.0 Å². The molecule has 0 unspecified atom stereocenters. The highest BCUT2D eigenvalue weighted by Gasteiger charge is 2.26. The molecule has 0 amide bonds. The lowest BCUT2D eigenvalue weighted by molar-refractivity contribution is 0.281. The lowest BCUT2D eigenvalue weighted by Gasteiger charge is -2.10. The number of para-hydroxylation sites is 12. The number of unbranched alkanes of at least 4 members (excludes halogenated alkanes) is 1. The minimum Gasteiger partial charge on any atom is -0.396 e. The summed E-state index contributed by atoms with van der Waals surface area (Å²) in [4.78, 5) is 53.5. The second-order valence-electron chi connectivity index (χ2n) is 20.5. The molecule has 0 aliphatic rings. The number of aryl methyl sites for hydroxylation is 2. The van der Waals surface area contributed by atoms with E-state index in [1.54, 1.807) is 0 Å². The summed E-state index contributed by atoms with van der Waals surface area (Å²) in [5.74, 6) is 4.42. The Morgan fingerprint density at radius 3 is 1.01 bits per heavy atom. The number of hydrogen-bond donors (Lipinski definition) is 7. The molecule has 6 aromatic carbocycles. The summed E-state index contributed by atoms with van der Waals surface area (Å²) in [7, 11) is 0. The highest BCUT2D eigenvalue weighted by atomic mass is 16.3. The van der Waals surface area contributed by atoms with Crippen molar-refractivity contribution >= 4 is 117 Å². The van der Waals surface area contributed by atoms with Crippen molar-refractivity contribution in [3.63, 3.8) is 0 Å². The molecule has 9 aromatic heterocycles. The van der Waals surface area contributed by atoms with Gasteiger partial charge in [0.05, 0.1) is 82.9 Å². The standard InChI is InChI=1S/2C21H20N6.C20H18N6O/c1-12(2)11-27-19(22)17(20-24-14-8-4-5-9-15(14)25-20)18-21(27)26-16-10-6-3-7-13(16)23-18;1-2-3-12-27-19(22)17(20-24-14-9-5-6-10-15(14)25-20)18-21(27)26-16-11-7-4-8-13(16)23-18;21-18-16(19-23-13-7-2-3-8-14(13)24-19)17-20(26(18)10-5-11-27)25-15-9-4-1-6-12(15)22-17/h3-10,12H,11,22H2,1-2H3,(H,24,25);4-11H,2-3,12,22H2,1H3,(H,24,25);1-4,6-9,27H,5,10-11,21H2,(H,23,24). The molecule has 0 aliphatic carbocycles. The quantitative estimate of drug-likeness (QED) is 0.0635. The van der Waals surface area contributed by atoms with Gasteiger partial charge in [-0.3, -0.25) is 0 Å². The van der Waals surface area contributed by atoms with Gasteiger partial charge in [0, 0.05) is 26.2 Å². The van der Waals surface area contributed by atoms with Crippen molar-refractivity contribution in [2.24, 2.45) is 5.92 Å². The zero-order valence-electron chi connectivity index (χ0n) is 44.9. The molecule has 0 spiro atoms. The van der Waals surface area contributed by atoms with Crippen LogP contribution in [0.3, 0.4) is 0 Å². The van der Waals surface area contributed by atoms with Crippen LogP contribution >= 0.6 is 0 Å². The van der Waals surface area contributed by atoms with Gasteiger partial charge in [-0.05, 0) is 91.6 Å². The lowest BCUT2D eigenvalue weighted by Crippen LogP contribution is -2.08. The number of hydrogen-bond acceptors (Lipinski definition) is 13. The van der Waals surface area contributed by atoms with Crippen LogP contribution in [0.5, 0.6) is 0 Å². The summed E-state index contributed by atoms with van der Waals surface area (Å²) in [5, 5.41) is 9.27. The van der Waals surface area contributed by atoms with Gasteiger partial charge >= 0.3 is 0 Å². The van der Waals surface area contributed by atoms with Crippen molar-refractivity contribution in [1.29, 1.82) is 0 Å². The van der Waals surface area contributed by atoms with Crippen molar-refractivity contribution in [2.75, 3.05) is 23.8 Å². The average Bonchev–Trinajstić information content (AvgIpc) is 4.52. The summed E-state index contributed by atoms with van der Waals surface area (Å²) in [6, 6.07) is 47.3. The third-order valence-corrected chi connectivity index (χ3v) is 14.5. The van der Waals surface area contributed by atoms with E-state index in [2.05, 4.69) is 44.9 Å². The van der Waals surface area contributed by atoms with E-state index in [-0.39, 0.29) is 6.61 Å². The molecule has 0 saturated carbocycles. The number of H-pyrrole nitrogens is 3. The van der Waals surface area contributed by atoms with Crippen LogP contribution in [0.2, 0.25) is 0 Å². The maximum absolute atomic E-state index is 9.27. The van der Waals surface area contributed by atoms with Gasteiger partial charge in [-0.25, -0.2) is 44.9 Å². The number of rotatable bonds is 11. The lowest BCUT2D eigenvalue weighted by atomic mass is 10.2. The SMILES string of the molecule is CC(C)Cn1c(N)c(-c2nc3ccccc3[nH]2)c2nc3ccccc3nc21.CCCCn1c(N)c(-c2nc3ccccc3[nH]2)c2nc3ccccc3nc21.Nc1c(-c2nc3ccccc3[nH]2)c2nc3ccccc3nc2n1CCCO. The van der Waals surface area contributed by atoms with Crippen molar-refractivity contribution < 1.29 is 5.11 Å². The molecule has 19 nitrogen and oxygen atoms in total. The molecule has 0 atom stereocenters. The Morgan fingerprint density at radius 2 is 0.691 bits per heavy atom. The minimum absolute atomic E-state index is 0.0834. The second-order valence-corrected chi connectivity index (χ2v) is 20.5. The van der Waals surface area contributed by atoms with Gasteiger partial charge < -0.3 is 51.0 Å². The number of nitrogens with zero attached hydrogens (tertiary/aromatic N) is 12.